The Bertz CT molecular complexity index is 291. The summed E-state index contributed by atoms with van der Waals surface area (Å²) in [4.78, 5) is 1.91. The van der Waals surface area contributed by atoms with Crippen LogP contribution in [-0.4, -0.2) is 37.1 Å². The Morgan fingerprint density at radius 2 is 1.85 bits per heavy atom. The van der Waals surface area contributed by atoms with E-state index in [4.69, 9.17) is 11.6 Å². The normalized spacial score (nSPS) is 43.4. The maximum atomic E-state index is 6.39. The lowest BCUT2D eigenvalue weighted by atomic mass is 9.85. The van der Waals surface area contributed by atoms with E-state index in [0.29, 0.717) is 5.38 Å². The molecule has 0 radical (unpaired) electrons. The Labute approximate surface area is 129 Å². The molecule has 0 aromatic carbocycles. The van der Waals surface area contributed by atoms with Crippen LogP contribution in [0.5, 0.6) is 0 Å². The molecule has 116 valence electrons. The standard InChI is InChI=1S/C17H31ClN2/c18-15-7-5-6-14(12-15)13-20-11-4-2-9-17(20)16-8-1-3-10-19-16/h14-17,19H,1-13H2/p+1. The Morgan fingerprint density at radius 3 is 2.65 bits per heavy atom. The number of rotatable bonds is 3. The lowest BCUT2D eigenvalue weighted by Crippen LogP contribution is -3.18. The molecule has 3 heteroatoms. The third-order valence-corrected chi connectivity index (χ3v) is 6.29. The molecule has 2 heterocycles. The van der Waals surface area contributed by atoms with Gasteiger partial charge in [0.25, 0.3) is 0 Å². The molecule has 3 aliphatic rings. The lowest BCUT2D eigenvalue weighted by Gasteiger charge is -2.41. The number of piperidine rings is 2. The van der Waals surface area contributed by atoms with E-state index >= 15 is 0 Å². The average Bonchev–Trinajstić information content (AvgIpc) is 2.49. The summed E-state index contributed by atoms with van der Waals surface area (Å²) in [6.45, 7) is 4.06. The van der Waals surface area contributed by atoms with Crippen LogP contribution in [-0.2, 0) is 0 Å². The SMILES string of the molecule is ClC1CCCC(C[NH+]2CCCCC2C2CCCCN2)C1. The second-order valence-corrected chi connectivity index (χ2v) is 8.02. The highest BCUT2D eigenvalue weighted by molar-refractivity contribution is 6.20. The van der Waals surface area contributed by atoms with Crippen molar-refractivity contribution in [2.75, 3.05) is 19.6 Å². The molecule has 0 bridgehead atoms. The summed E-state index contributed by atoms with van der Waals surface area (Å²) >= 11 is 6.39. The van der Waals surface area contributed by atoms with E-state index in [2.05, 4.69) is 5.32 Å². The van der Waals surface area contributed by atoms with E-state index < -0.39 is 0 Å². The van der Waals surface area contributed by atoms with Crippen molar-refractivity contribution in [1.82, 2.24) is 5.32 Å². The number of likely N-dealkylation sites (tertiary alicyclic amines) is 1. The first-order valence-corrected chi connectivity index (χ1v) is 9.48. The van der Waals surface area contributed by atoms with Gasteiger partial charge in [-0.2, -0.15) is 0 Å². The highest BCUT2D eigenvalue weighted by Gasteiger charge is 2.36. The van der Waals surface area contributed by atoms with Crippen molar-refractivity contribution in [3.63, 3.8) is 0 Å². The van der Waals surface area contributed by atoms with E-state index in [-0.39, 0.29) is 0 Å². The van der Waals surface area contributed by atoms with Crippen LogP contribution in [0.1, 0.15) is 64.2 Å². The lowest BCUT2D eigenvalue weighted by molar-refractivity contribution is -0.935. The predicted molar refractivity (Wildman–Crippen MR) is 85.6 cm³/mol. The largest absolute Gasteiger partial charge is 0.331 e. The van der Waals surface area contributed by atoms with E-state index in [0.717, 1.165) is 18.0 Å². The minimum Gasteiger partial charge on any atom is -0.331 e. The third-order valence-electron chi connectivity index (χ3n) is 5.89. The second kappa shape index (κ2) is 7.47. The van der Waals surface area contributed by atoms with Crippen molar-refractivity contribution in [3.05, 3.63) is 0 Å². The van der Waals surface area contributed by atoms with Crippen LogP contribution >= 0.6 is 11.6 Å². The first-order valence-electron chi connectivity index (χ1n) is 9.05. The second-order valence-electron chi connectivity index (χ2n) is 7.40. The Morgan fingerprint density at radius 1 is 0.950 bits per heavy atom. The average molecular weight is 300 g/mol. The van der Waals surface area contributed by atoms with Gasteiger partial charge in [0, 0.05) is 17.7 Å². The maximum absolute atomic E-state index is 6.39. The van der Waals surface area contributed by atoms with Gasteiger partial charge in [-0.25, -0.2) is 0 Å². The summed E-state index contributed by atoms with van der Waals surface area (Å²) < 4.78 is 0. The van der Waals surface area contributed by atoms with Gasteiger partial charge in [0.1, 0.15) is 6.04 Å². The molecule has 20 heavy (non-hydrogen) atoms. The van der Waals surface area contributed by atoms with Crippen molar-refractivity contribution in [1.29, 1.82) is 0 Å². The van der Waals surface area contributed by atoms with Crippen LogP contribution in [0.2, 0.25) is 0 Å². The summed E-state index contributed by atoms with van der Waals surface area (Å²) in [5, 5.41) is 4.28. The molecule has 0 spiro atoms. The van der Waals surface area contributed by atoms with Gasteiger partial charge in [-0.3, -0.25) is 0 Å². The summed E-state index contributed by atoms with van der Waals surface area (Å²) in [5.74, 6) is 0.894. The minimum atomic E-state index is 0.462. The molecule has 0 aromatic rings. The maximum Gasteiger partial charge on any atom is 0.103 e. The van der Waals surface area contributed by atoms with Crippen molar-refractivity contribution in [2.24, 2.45) is 5.92 Å². The molecule has 2 nitrogen and oxygen atoms in total. The summed E-state index contributed by atoms with van der Waals surface area (Å²) in [5.41, 5.74) is 0. The molecule has 1 saturated carbocycles. The van der Waals surface area contributed by atoms with E-state index in [1.807, 2.05) is 4.90 Å². The van der Waals surface area contributed by atoms with E-state index in [1.54, 1.807) is 0 Å². The van der Waals surface area contributed by atoms with Gasteiger partial charge < -0.3 is 10.2 Å². The van der Waals surface area contributed by atoms with Crippen molar-refractivity contribution >= 4 is 11.6 Å². The molecular weight excluding hydrogens is 268 g/mol. The number of hydrogen-bond acceptors (Lipinski definition) is 1. The van der Waals surface area contributed by atoms with Gasteiger partial charge in [-0.15, -0.1) is 11.6 Å². The fourth-order valence-corrected chi connectivity index (χ4v) is 5.26. The van der Waals surface area contributed by atoms with Gasteiger partial charge in [0.05, 0.1) is 19.1 Å². The first-order chi connectivity index (χ1) is 9.83. The quantitative estimate of drug-likeness (QED) is 0.765. The van der Waals surface area contributed by atoms with E-state index in [1.165, 1.54) is 83.8 Å². The zero-order valence-corrected chi connectivity index (χ0v) is 13.6. The number of hydrogen-bond donors (Lipinski definition) is 2. The molecule has 1 aliphatic carbocycles. The number of quaternary nitrogens is 1. The number of halogens is 1. The molecule has 5 atom stereocenters. The van der Waals surface area contributed by atoms with Crippen LogP contribution < -0.4 is 10.2 Å². The van der Waals surface area contributed by atoms with Crippen LogP contribution in [0.25, 0.3) is 0 Å². The Hall–Kier alpha value is 0.210. The minimum absolute atomic E-state index is 0.462. The van der Waals surface area contributed by atoms with Crippen molar-refractivity contribution in [2.45, 2.75) is 81.7 Å². The zero-order chi connectivity index (χ0) is 13.8. The highest BCUT2D eigenvalue weighted by atomic mass is 35.5. The van der Waals surface area contributed by atoms with Crippen molar-refractivity contribution < 1.29 is 4.90 Å². The zero-order valence-electron chi connectivity index (χ0n) is 12.9. The molecule has 0 aromatic heterocycles. The summed E-state index contributed by atoms with van der Waals surface area (Å²) in [6.07, 6.45) is 13.9. The van der Waals surface area contributed by atoms with Gasteiger partial charge >= 0.3 is 0 Å². The molecule has 2 aliphatic heterocycles. The Kier molecular flexibility index (Phi) is 5.64. The highest BCUT2D eigenvalue weighted by Crippen LogP contribution is 2.27. The third kappa shape index (κ3) is 3.90. The smallest absolute Gasteiger partial charge is 0.103 e. The van der Waals surface area contributed by atoms with Gasteiger partial charge in [0.15, 0.2) is 0 Å². The molecule has 0 amide bonds. The first kappa shape index (κ1) is 15.1. The van der Waals surface area contributed by atoms with Crippen molar-refractivity contribution in [3.8, 4) is 0 Å². The molecule has 2 saturated heterocycles. The number of alkyl halides is 1. The monoisotopic (exact) mass is 299 g/mol. The summed E-state index contributed by atoms with van der Waals surface area (Å²) in [6, 6.07) is 1.69. The fraction of sp³-hybridized carbons (Fsp3) is 1.00. The van der Waals surface area contributed by atoms with Gasteiger partial charge in [0.2, 0.25) is 0 Å². The van der Waals surface area contributed by atoms with Crippen LogP contribution in [0.3, 0.4) is 0 Å². The Balaban J connectivity index is 1.56. The summed E-state index contributed by atoms with van der Waals surface area (Å²) in [7, 11) is 0. The molecule has 2 N–H and O–H groups in total. The van der Waals surface area contributed by atoms with Gasteiger partial charge in [-0.1, -0.05) is 12.8 Å². The topological polar surface area (TPSA) is 16.5 Å². The molecular formula is C17H32ClN2+. The molecule has 3 rings (SSSR count). The number of nitrogens with one attached hydrogen (secondary N) is 2. The van der Waals surface area contributed by atoms with Crippen LogP contribution in [0.4, 0.5) is 0 Å². The van der Waals surface area contributed by atoms with E-state index in [9.17, 15) is 0 Å². The molecule has 3 fully saturated rings. The predicted octanol–water partition coefficient (Wildman–Crippen LogP) is 2.36. The fourth-order valence-electron chi connectivity index (χ4n) is 4.85. The van der Waals surface area contributed by atoms with Crippen LogP contribution in [0.15, 0.2) is 0 Å². The van der Waals surface area contributed by atoms with Crippen LogP contribution in [0, 0.1) is 5.92 Å². The van der Waals surface area contributed by atoms with Gasteiger partial charge in [-0.05, 0) is 51.5 Å². The molecule has 5 unspecified atom stereocenters.